The summed E-state index contributed by atoms with van der Waals surface area (Å²) in [5, 5.41) is 14.5. The van der Waals surface area contributed by atoms with Gasteiger partial charge in [-0.15, -0.1) is 0 Å². The molecule has 0 spiro atoms. The van der Waals surface area contributed by atoms with Gasteiger partial charge in [-0.2, -0.15) is 0 Å². The Morgan fingerprint density at radius 3 is 2.55 bits per heavy atom. The van der Waals surface area contributed by atoms with Crippen molar-refractivity contribution in [2.75, 3.05) is 13.1 Å². The lowest BCUT2D eigenvalue weighted by atomic mass is 9.95. The van der Waals surface area contributed by atoms with Gasteiger partial charge in [-0.05, 0) is 24.6 Å². The highest BCUT2D eigenvalue weighted by atomic mass is 16.6. The van der Waals surface area contributed by atoms with Crippen molar-refractivity contribution >= 4 is 5.69 Å². The van der Waals surface area contributed by atoms with Crippen LogP contribution in [0.2, 0.25) is 0 Å². The molecule has 0 aliphatic carbocycles. The lowest BCUT2D eigenvalue weighted by Crippen LogP contribution is -2.21. The first kappa shape index (κ1) is 14.5. The Morgan fingerprint density at radius 1 is 1.14 bits per heavy atom. The minimum absolute atomic E-state index is 0.00869. The number of hydrogen-bond donors (Lipinski definition) is 1. The van der Waals surface area contributed by atoms with Gasteiger partial charge in [0.1, 0.15) is 6.10 Å². The van der Waals surface area contributed by atoms with E-state index in [4.69, 9.17) is 4.74 Å². The first-order valence-electron chi connectivity index (χ1n) is 7.41. The van der Waals surface area contributed by atoms with Gasteiger partial charge in [-0.3, -0.25) is 10.1 Å². The molecule has 2 aromatic rings. The van der Waals surface area contributed by atoms with Gasteiger partial charge in [0.25, 0.3) is 0 Å². The van der Waals surface area contributed by atoms with E-state index in [1.807, 2.05) is 30.3 Å². The molecule has 0 amide bonds. The highest BCUT2D eigenvalue weighted by Gasteiger charge is 2.29. The summed E-state index contributed by atoms with van der Waals surface area (Å²) in [5.74, 6) is 0.635. The third-order valence-corrected chi connectivity index (χ3v) is 3.97. The highest BCUT2D eigenvalue weighted by molar-refractivity contribution is 5.46. The molecular weight excluding hydrogens is 280 g/mol. The molecule has 2 aromatic carbocycles. The molecule has 1 heterocycles. The molecule has 1 aliphatic rings. The fraction of sp³-hybridized carbons (Fsp3) is 0.294. The van der Waals surface area contributed by atoms with E-state index in [0.29, 0.717) is 11.7 Å². The first-order chi connectivity index (χ1) is 10.8. The molecule has 0 aromatic heterocycles. The molecule has 2 atom stereocenters. The average molecular weight is 298 g/mol. The van der Waals surface area contributed by atoms with Crippen molar-refractivity contribution in [2.45, 2.75) is 12.5 Å². The van der Waals surface area contributed by atoms with Crippen LogP contribution in [0.4, 0.5) is 5.69 Å². The molecule has 3 rings (SSSR count). The molecule has 5 heteroatoms. The number of ether oxygens (including phenoxy) is 1. The smallest absolute Gasteiger partial charge is 0.310 e. The second kappa shape index (κ2) is 6.58. The van der Waals surface area contributed by atoms with Crippen LogP contribution >= 0.6 is 0 Å². The first-order valence-corrected chi connectivity index (χ1v) is 7.41. The summed E-state index contributed by atoms with van der Waals surface area (Å²) < 4.78 is 6.10. The summed E-state index contributed by atoms with van der Waals surface area (Å²) in [7, 11) is 0. The quantitative estimate of drug-likeness (QED) is 0.679. The number of para-hydroxylation sites is 2. The van der Waals surface area contributed by atoms with Crippen molar-refractivity contribution in [3.63, 3.8) is 0 Å². The van der Waals surface area contributed by atoms with Crippen molar-refractivity contribution in [3.8, 4) is 5.75 Å². The van der Waals surface area contributed by atoms with Crippen LogP contribution in [0.1, 0.15) is 18.1 Å². The molecule has 0 saturated carbocycles. The zero-order valence-corrected chi connectivity index (χ0v) is 12.1. The standard InChI is InChI=1S/C17H18N2O3/c20-19(21)15-8-4-5-9-16(15)22-17(14-10-11-18-12-14)13-6-2-1-3-7-13/h1-9,14,17-18H,10-12H2/t14-,17-/m0/s1. The minimum Gasteiger partial charge on any atom is -0.478 e. The third-order valence-electron chi connectivity index (χ3n) is 3.97. The van der Waals surface area contributed by atoms with Crippen LogP contribution in [-0.2, 0) is 0 Å². The van der Waals surface area contributed by atoms with E-state index in [1.165, 1.54) is 6.07 Å². The maximum Gasteiger partial charge on any atom is 0.310 e. The topological polar surface area (TPSA) is 64.4 Å². The minimum atomic E-state index is -0.399. The highest BCUT2D eigenvalue weighted by Crippen LogP contribution is 2.35. The molecule has 5 nitrogen and oxygen atoms in total. The van der Waals surface area contributed by atoms with Crippen LogP contribution in [0, 0.1) is 16.0 Å². The Balaban J connectivity index is 1.92. The fourth-order valence-electron chi connectivity index (χ4n) is 2.86. The van der Waals surface area contributed by atoms with Gasteiger partial charge in [-0.25, -0.2) is 0 Å². The molecule has 114 valence electrons. The molecule has 1 N–H and O–H groups in total. The maximum absolute atomic E-state index is 11.2. The predicted octanol–water partition coefficient (Wildman–Crippen LogP) is 3.32. The Labute approximate surface area is 129 Å². The van der Waals surface area contributed by atoms with Crippen LogP contribution in [0.25, 0.3) is 0 Å². The van der Waals surface area contributed by atoms with E-state index >= 15 is 0 Å². The van der Waals surface area contributed by atoms with Crippen molar-refractivity contribution < 1.29 is 9.66 Å². The Kier molecular flexibility index (Phi) is 4.34. The molecule has 1 saturated heterocycles. The number of nitro groups is 1. The largest absolute Gasteiger partial charge is 0.478 e. The predicted molar refractivity (Wildman–Crippen MR) is 83.9 cm³/mol. The third kappa shape index (κ3) is 3.09. The normalized spacial score (nSPS) is 18.8. The van der Waals surface area contributed by atoms with Gasteiger partial charge in [0.05, 0.1) is 4.92 Å². The monoisotopic (exact) mass is 298 g/mol. The molecular formula is C17H18N2O3. The number of nitrogens with zero attached hydrogens (tertiary/aromatic N) is 1. The summed E-state index contributed by atoms with van der Waals surface area (Å²) >= 11 is 0. The molecule has 22 heavy (non-hydrogen) atoms. The summed E-state index contributed by atoms with van der Waals surface area (Å²) in [5.41, 5.74) is 1.06. The van der Waals surface area contributed by atoms with E-state index in [2.05, 4.69) is 5.32 Å². The molecule has 0 unspecified atom stereocenters. The van der Waals surface area contributed by atoms with E-state index < -0.39 is 4.92 Å². The summed E-state index contributed by atoms with van der Waals surface area (Å²) in [6.45, 7) is 1.81. The number of nitro benzene ring substituents is 1. The molecule has 1 fully saturated rings. The van der Waals surface area contributed by atoms with Crippen molar-refractivity contribution in [2.24, 2.45) is 5.92 Å². The van der Waals surface area contributed by atoms with Gasteiger partial charge in [-0.1, -0.05) is 42.5 Å². The van der Waals surface area contributed by atoms with Gasteiger partial charge in [0.2, 0.25) is 0 Å². The van der Waals surface area contributed by atoms with Gasteiger partial charge >= 0.3 is 5.69 Å². The number of nitrogens with one attached hydrogen (secondary N) is 1. The van der Waals surface area contributed by atoms with Crippen LogP contribution in [0.15, 0.2) is 54.6 Å². The van der Waals surface area contributed by atoms with Crippen molar-refractivity contribution in [1.29, 1.82) is 0 Å². The van der Waals surface area contributed by atoms with E-state index in [-0.39, 0.29) is 11.8 Å². The Bertz CT molecular complexity index is 639. The summed E-state index contributed by atoms with van der Waals surface area (Å²) in [6.07, 6.45) is 0.817. The lowest BCUT2D eigenvalue weighted by Gasteiger charge is -2.24. The summed E-state index contributed by atoms with van der Waals surface area (Å²) in [4.78, 5) is 10.8. The van der Waals surface area contributed by atoms with Crippen LogP contribution in [0.3, 0.4) is 0 Å². The van der Waals surface area contributed by atoms with Crippen LogP contribution < -0.4 is 10.1 Å². The number of hydrogen-bond acceptors (Lipinski definition) is 4. The molecule has 0 radical (unpaired) electrons. The van der Waals surface area contributed by atoms with E-state index in [0.717, 1.165) is 25.1 Å². The zero-order chi connectivity index (χ0) is 15.4. The Morgan fingerprint density at radius 2 is 1.86 bits per heavy atom. The fourth-order valence-corrected chi connectivity index (χ4v) is 2.86. The van der Waals surface area contributed by atoms with Crippen molar-refractivity contribution in [1.82, 2.24) is 5.32 Å². The number of rotatable bonds is 5. The van der Waals surface area contributed by atoms with Gasteiger partial charge in [0.15, 0.2) is 5.75 Å². The molecule has 1 aliphatic heterocycles. The van der Waals surface area contributed by atoms with Crippen LogP contribution in [0.5, 0.6) is 5.75 Å². The average Bonchev–Trinajstić information content (AvgIpc) is 3.08. The zero-order valence-electron chi connectivity index (χ0n) is 12.1. The van der Waals surface area contributed by atoms with Crippen LogP contribution in [-0.4, -0.2) is 18.0 Å². The lowest BCUT2D eigenvalue weighted by molar-refractivity contribution is -0.386. The second-order valence-corrected chi connectivity index (χ2v) is 5.43. The second-order valence-electron chi connectivity index (χ2n) is 5.43. The van der Waals surface area contributed by atoms with E-state index in [1.54, 1.807) is 18.2 Å². The van der Waals surface area contributed by atoms with E-state index in [9.17, 15) is 10.1 Å². The van der Waals surface area contributed by atoms with Gasteiger partial charge < -0.3 is 10.1 Å². The molecule has 0 bridgehead atoms. The van der Waals surface area contributed by atoms with Gasteiger partial charge in [0, 0.05) is 18.5 Å². The SMILES string of the molecule is O=[N+]([O-])c1ccccc1O[C@@H](c1ccccc1)[C@H]1CCNC1. The summed E-state index contributed by atoms with van der Waals surface area (Å²) in [6, 6.07) is 16.5. The Hall–Kier alpha value is -2.40. The van der Waals surface area contributed by atoms with Crippen molar-refractivity contribution in [3.05, 3.63) is 70.3 Å². The number of benzene rings is 2. The maximum atomic E-state index is 11.2.